The highest BCUT2D eigenvalue weighted by Gasteiger charge is 1.96. The van der Waals surface area contributed by atoms with E-state index in [-0.39, 0.29) is 12.7 Å². The molecule has 0 aliphatic rings. The van der Waals surface area contributed by atoms with Crippen molar-refractivity contribution in [1.82, 2.24) is 0 Å². The zero-order valence-corrected chi connectivity index (χ0v) is 14.4. The number of unbranched alkanes of at least 4 members (excludes halogenated alkanes) is 11. The summed E-state index contributed by atoms with van der Waals surface area (Å²) >= 11 is 0. The second-order valence-electron chi connectivity index (χ2n) is 5.84. The fourth-order valence-corrected chi connectivity index (χ4v) is 2.28. The molecule has 0 bridgehead atoms. The van der Waals surface area contributed by atoms with Gasteiger partial charge in [-0.1, -0.05) is 84.0 Å². The van der Waals surface area contributed by atoms with Crippen LogP contribution < -0.4 is 0 Å². The van der Waals surface area contributed by atoms with Crippen LogP contribution in [0.2, 0.25) is 0 Å². The van der Waals surface area contributed by atoms with Crippen LogP contribution in [0.3, 0.4) is 0 Å². The summed E-state index contributed by atoms with van der Waals surface area (Å²) in [7, 11) is 0. The van der Waals surface area contributed by atoms with Gasteiger partial charge < -0.3 is 10.2 Å². The standard InChI is InChI=1S/C16H34O.C2H6O/c1-3-4-5-6-7-8-9-10-11-12-13-14-15-16(2)17;1-2-3/h16-17H,3-15H2,1-2H3;3H,2H2,1H3. The lowest BCUT2D eigenvalue weighted by Gasteiger charge is -2.04. The summed E-state index contributed by atoms with van der Waals surface area (Å²) in [6, 6.07) is 0. The van der Waals surface area contributed by atoms with Gasteiger partial charge >= 0.3 is 0 Å². The third-order valence-electron chi connectivity index (χ3n) is 3.48. The monoisotopic (exact) mass is 288 g/mol. The minimum Gasteiger partial charge on any atom is -0.397 e. The van der Waals surface area contributed by atoms with Gasteiger partial charge in [0, 0.05) is 6.61 Å². The summed E-state index contributed by atoms with van der Waals surface area (Å²) in [5.74, 6) is 0. The second-order valence-corrected chi connectivity index (χ2v) is 5.84. The highest BCUT2D eigenvalue weighted by molar-refractivity contribution is 4.50. The van der Waals surface area contributed by atoms with E-state index >= 15 is 0 Å². The highest BCUT2D eigenvalue weighted by Crippen LogP contribution is 2.12. The first-order chi connectivity index (χ1) is 9.68. The number of aliphatic hydroxyl groups excluding tert-OH is 2. The molecule has 0 rings (SSSR count). The lowest BCUT2D eigenvalue weighted by molar-refractivity contribution is 0.180. The summed E-state index contributed by atoms with van der Waals surface area (Å²) in [5.41, 5.74) is 0. The SMILES string of the molecule is CCCCCCCCCCCCCCC(C)O.CCO. The molecule has 2 heteroatoms. The third kappa shape index (κ3) is 26.5. The lowest BCUT2D eigenvalue weighted by atomic mass is 10.0. The van der Waals surface area contributed by atoms with E-state index < -0.39 is 0 Å². The Balaban J connectivity index is 0. The average molecular weight is 289 g/mol. The summed E-state index contributed by atoms with van der Waals surface area (Å²) in [6.45, 7) is 6.09. The number of rotatable bonds is 13. The van der Waals surface area contributed by atoms with Crippen molar-refractivity contribution >= 4 is 0 Å². The van der Waals surface area contributed by atoms with E-state index in [1.165, 1.54) is 77.0 Å². The largest absolute Gasteiger partial charge is 0.397 e. The molecule has 0 radical (unpaired) electrons. The van der Waals surface area contributed by atoms with Gasteiger partial charge in [0.1, 0.15) is 0 Å². The van der Waals surface area contributed by atoms with E-state index in [0.29, 0.717) is 0 Å². The molecular weight excluding hydrogens is 248 g/mol. The Kier molecular flexibility index (Phi) is 23.6. The Morgan fingerprint density at radius 2 is 0.950 bits per heavy atom. The van der Waals surface area contributed by atoms with Crippen LogP contribution in [-0.2, 0) is 0 Å². The van der Waals surface area contributed by atoms with Gasteiger partial charge in [0.15, 0.2) is 0 Å². The van der Waals surface area contributed by atoms with Crippen molar-refractivity contribution in [3.8, 4) is 0 Å². The molecule has 0 amide bonds. The Hall–Kier alpha value is -0.0800. The van der Waals surface area contributed by atoms with Crippen molar-refractivity contribution in [2.24, 2.45) is 0 Å². The molecule has 0 fully saturated rings. The molecule has 0 saturated carbocycles. The van der Waals surface area contributed by atoms with Crippen LogP contribution in [-0.4, -0.2) is 22.9 Å². The van der Waals surface area contributed by atoms with Crippen LogP contribution in [0.5, 0.6) is 0 Å². The molecule has 0 aromatic rings. The molecule has 20 heavy (non-hydrogen) atoms. The molecule has 2 nitrogen and oxygen atoms in total. The molecule has 0 aliphatic heterocycles. The predicted octanol–water partition coefficient (Wildman–Crippen LogP) is 5.46. The molecule has 2 N–H and O–H groups in total. The van der Waals surface area contributed by atoms with E-state index in [1.807, 2.05) is 6.92 Å². The summed E-state index contributed by atoms with van der Waals surface area (Å²) in [4.78, 5) is 0. The number of aliphatic hydroxyl groups is 2. The normalized spacial score (nSPS) is 11.8. The molecule has 1 atom stereocenters. The van der Waals surface area contributed by atoms with E-state index in [4.69, 9.17) is 10.2 Å². The van der Waals surface area contributed by atoms with Gasteiger partial charge in [0.25, 0.3) is 0 Å². The van der Waals surface area contributed by atoms with E-state index in [1.54, 1.807) is 6.92 Å². The lowest BCUT2D eigenvalue weighted by Crippen LogP contribution is -1.98. The minimum atomic E-state index is -0.0990. The van der Waals surface area contributed by atoms with Crippen molar-refractivity contribution in [2.45, 2.75) is 110 Å². The topological polar surface area (TPSA) is 40.5 Å². The Bertz CT molecular complexity index is 146. The molecule has 0 aromatic heterocycles. The van der Waals surface area contributed by atoms with Crippen molar-refractivity contribution < 1.29 is 10.2 Å². The predicted molar refractivity (Wildman–Crippen MR) is 90.1 cm³/mol. The fourth-order valence-electron chi connectivity index (χ4n) is 2.28. The van der Waals surface area contributed by atoms with Gasteiger partial charge in [-0.25, -0.2) is 0 Å². The Labute approximate surface area is 128 Å². The van der Waals surface area contributed by atoms with Crippen LogP contribution in [0.4, 0.5) is 0 Å². The zero-order chi connectivity index (χ0) is 15.5. The van der Waals surface area contributed by atoms with Gasteiger partial charge in [0.2, 0.25) is 0 Å². The van der Waals surface area contributed by atoms with Crippen LogP contribution >= 0.6 is 0 Å². The molecule has 124 valence electrons. The van der Waals surface area contributed by atoms with Gasteiger partial charge in [-0.15, -0.1) is 0 Å². The van der Waals surface area contributed by atoms with Crippen molar-refractivity contribution in [2.75, 3.05) is 6.61 Å². The zero-order valence-electron chi connectivity index (χ0n) is 14.4. The van der Waals surface area contributed by atoms with Crippen LogP contribution in [0.15, 0.2) is 0 Å². The molecule has 0 aliphatic carbocycles. The maximum absolute atomic E-state index is 9.11. The van der Waals surface area contributed by atoms with Crippen molar-refractivity contribution in [1.29, 1.82) is 0 Å². The Morgan fingerprint density at radius 3 is 1.25 bits per heavy atom. The van der Waals surface area contributed by atoms with E-state index in [9.17, 15) is 0 Å². The quantitative estimate of drug-likeness (QED) is 0.442. The fraction of sp³-hybridized carbons (Fsp3) is 1.00. The van der Waals surface area contributed by atoms with Gasteiger partial charge in [0.05, 0.1) is 6.10 Å². The van der Waals surface area contributed by atoms with Crippen LogP contribution in [0.25, 0.3) is 0 Å². The maximum Gasteiger partial charge on any atom is 0.0512 e. The maximum atomic E-state index is 9.11. The van der Waals surface area contributed by atoms with Gasteiger partial charge in [-0.3, -0.25) is 0 Å². The van der Waals surface area contributed by atoms with Gasteiger partial charge in [-0.05, 0) is 20.3 Å². The third-order valence-corrected chi connectivity index (χ3v) is 3.48. The molecular formula is C18H40O2. The Morgan fingerprint density at radius 1 is 0.650 bits per heavy atom. The molecule has 0 aromatic carbocycles. The van der Waals surface area contributed by atoms with Gasteiger partial charge in [-0.2, -0.15) is 0 Å². The first-order valence-corrected chi connectivity index (χ1v) is 8.97. The summed E-state index contributed by atoms with van der Waals surface area (Å²) in [5, 5.41) is 16.7. The van der Waals surface area contributed by atoms with Crippen molar-refractivity contribution in [3.63, 3.8) is 0 Å². The average Bonchev–Trinajstić information content (AvgIpc) is 2.40. The highest BCUT2D eigenvalue weighted by atomic mass is 16.3. The first-order valence-electron chi connectivity index (χ1n) is 8.97. The van der Waals surface area contributed by atoms with E-state index in [0.717, 1.165) is 6.42 Å². The first kappa shape index (κ1) is 22.2. The molecule has 0 spiro atoms. The van der Waals surface area contributed by atoms with Crippen LogP contribution in [0.1, 0.15) is 104 Å². The summed E-state index contributed by atoms with van der Waals surface area (Å²) in [6.07, 6.45) is 17.6. The number of hydrogen-bond acceptors (Lipinski definition) is 2. The van der Waals surface area contributed by atoms with Crippen LogP contribution in [0, 0.1) is 0 Å². The minimum absolute atomic E-state index is 0.0990. The molecule has 0 heterocycles. The summed E-state index contributed by atoms with van der Waals surface area (Å²) < 4.78 is 0. The second kappa shape index (κ2) is 21.2. The van der Waals surface area contributed by atoms with Crippen molar-refractivity contribution in [3.05, 3.63) is 0 Å². The smallest absolute Gasteiger partial charge is 0.0512 e. The molecule has 1 unspecified atom stereocenters. The molecule has 0 saturated heterocycles. The van der Waals surface area contributed by atoms with E-state index in [2.05, 4.69) is 6.92 Å². The number of hydrogen-bond donors (Lipinski definition) is 2.